The Morgan fingerprint density at radius 2 is 1.81 bits per heavy atom. The van der Waals surface area contributed by atoms with Crippen LogP contribution in [0.3, 0.4) is 0 Å². The van der Waals surface area contributed by atoms with Gasteiger partial charge in [-0.1, -0.05) is 44.2 Å². The van der Waals surface area contributed by atoms with Gasteiger partial charge in [-0.25, -0.2) is 4.68 Å². The lowest BCUT2D eigenvalue weighted by Crippen LogP contribution is -2.33. The van der Waals surface area contributed by atoms with Crippen LogP contribution >= 0.6 is 0 Å². The van der Waals surface area contributed by atoms with Crippen molar-refractivity contribution in [1.29, 1.82) is 0 Å². The Morgan fingerprint density at radius 3 is 2.56 bits per heavy atom. The zero-order chi connectivity index (χ0) is 24.8. The maximum Gasteiger partial charge on any atom is 0.226 e. The van der Waals surface area contributed by atoms with E-state index in [4.69, 9.17) is 19.3 Å². The molecule has 2 aliphatic heterocycles. The Hall–Kier alpha value is -3.65. The average Bonchev–Trinajstić information content (AvgIpc) is 3.29. The highest BCUT2D eigenvalue weighted by Gasteiger charge is 2.40. The van der Waals surface area contributed by atoms with Crippen LogP contribution in [-0.2, 0) is 16.1 Å². The maximum absolute atomic E-state index is 13.8. The largest absolute Gasteiger partial charge is 0.486 e. The molecule has 0 saturated heterocycles. The first-order valence-corrected chi connectivity index (χ1v) is 12.5. The van der Waals surface area contributed by atoms with E-state index in [0.717, 1.165) is 23.3 Å². The number of anilines is 1. The quantitative estimate of drug-likeness (QED) is 0.558. The normalized spacial score (nSPS) is 20.7. The Kier molecular flexibility index (Phi) is 5.76. The molecule has 1 aliphatic carbocycles. The molecule has 8 heteroatoms. The van der Waals surface area contributed by atoms with Gasteiger partial charge in [-0.2, -0.15) is 10.1 Å². The van der Waals surface area contributed by atoms with Crippen LogP contribution in [0, 0.1) is 0 Å². The summed E-state index contributed by atoms with van der Waals surface area (Å²) >= 11 is 0. The van der Waals surface area contributed by atoms with Gasteiger partial charge in [0.05, 0.1) is 0 Å². The Bertz CT molecular complexity index is 1340. The van der Waals surface area contributed by atoms with E-state index < -0.39 is 6.04 Å². The van der Waals surface area contributed by atoms with Crippen molar-refractivity contribution in [2.75, 3.05) is 25.6 Å². The molecule has 3 heterocycles. The van der Waals surface area contributed by atoms with Gasteiger partial charge in [0.15, 0.2) is 23.1 Å². The number of aromatic nitrogens is 3. The SMILES string of the molecule is COCc1nc2n(n1)C(c1ccc3c(c1)OCCO3)C1=C(CC(c3ccc(C(C)C)cc3)CC1=O)N2. The van der Waals surface area contributed by atoms with E-state index in [1.165, 1.54) is 11.1 Å². The van der Waals surface area contributed by atoms with Gasteiger partial charge in [-0.15, -0.1) is 0 Å². The molecule has 6 rings (SSSR count). The first kappa shape index (κ1) is 22.8. The fourth-order valence-corrected chi connectivity index (χ4v) is 5.37. The van der Waals surface area contributed by atoms with Crippen molar-refractivity contribution >= 4 is 11.7 Å². The van der Waals surface area contributed by atoms with Gasteiger partial charge in [-0.3, -0.25) is 4.79 Å². The van der Waals surface area contributed by atoms with Crippen LogP contribution in [-0.4, -0.2) is 40.9 Å². The molecule has 2 atom stereocenters. The molecule has 3 aliphatic rings. The second-order valence-corrected chi connectivity index (χ2v) is 9.90. The number of nitrogens with zero attached hydrogens (tertiary/aromatic N) is 3. The lowest BCUT2D eigenvalue weighted by atomic mass is 9.77. The molecule has 3 aromatic rings. The molecule has 8 nitrogen and oxygen atoms in total. The molecule has 0 fully saturated rings. The van der Waals surface area contributed by atoms with E-state index in [0.29, 0.717) is 55.4 Å². The van der Waals surface area contributed by atoms with Crippen LogP contribution < -0.4 is 14.8 Å². The molecule has 0 spiro atoms. The molecule has 0 amide bonds. The van der Waals surface area contributed by atoms with Crippen LogP contribution in [0.1, 0.15) is 67.1 Å². The second kappa shape index (κ2) is 9.09. The molecule has 2 aromatic carbocycles. The van der Waals surface area contributed by atoms with Crippen LogP contribution in [0.5, 0.6) is 11.5 Å². The number of hydrogen-bond donors (Lipinski definition) is 1. The number of carbonyl (C=O) groups excluding carboxylic acids is 1. The van der Waals surface area contributed by atoms with Crippen LogP contribution in [0.4, 0.5) is 5.95 Å². The van der Waals surface area contributed by atoms with E-state index in [2.05, 4.69) is 48.4 Å². The van der Waals surface area contributed by atoms with Crippen LogP contribution in [0.25, 0.3) is 0 Å². The third kappa shape index (κ3) is 3.95. The smallest absolute Gasteiger partial charge is 0.226 e. The minimum absolute atomic E-state index is 0.110. The highest BCUT2D eigenvalue weighted by molar-refractivity contribution is 6.00. The molecular weight excluding hydrogens is 456 g/mol. The summed E-state index contributed by atoms with van der Waals surface area (Å²) in [5, 5.41) is 8.14. The van der Waals surface area contributed by atoms with E-state index in [1.807, 2.05) is 18.2 Å². The number of hydrogen-bond acceptors (Lipinski definition) is 7. The number of ether oxygens (including phenoxy) is 3. The predicted octanol–water partition coefficient (Wildman–Crippen LogP) is 4.73. The van der Waals surface area contributed by atoms with Crippen LogP contribution in [0.2, 0.25) is 0 Å². The number of allylic oxidation sites excluding steroid dienone is 2. The first-order valence-electron chi connectivity index (χ1n) is 12.5. The predicted molar refractivity (Wildman–Crippen MR) is 134 cm³/mol. The van der Waals surface area contributed by atoms with Gasteiger partial charge >= 0.3 is 0 Å². The number of rotatable bonds is 5. The summed E-state index contributed by atoms with van der Waals surface area (Å²) in [5.74, 6) is 3.28. The fraction of sp³-hybridized carbons (Fsp3) is 0.393. The van der Waals surface area contributed by atoms with Gasteiger partial charge in [-0.05, 0) is 47.1 Å². The molecule has 0 radical (unpaired) electrons. The highest BCUT2D eigenvalue weighted by Crippen LogP contribution is 2.45. The minimum atomic E-state index is -0.401. The van der Waals surface area contributed by atoms with E-state index >= 15 is 0 Å². The molecule has 2 unspecified atom stereocenters. The van der Waals surface area contributed by atoms with E-state index in [-0.39, 0.29) is 11.7 Å². The molecular formula is C28H30N4O4. The van der Waals surface area contributed by atoms with Crippen molar-refractivity contribution in [2.45, 2.75) is 51.2 Å². The summed E-state index contributed by atoms with van der Waals surface area (Å²) in [6.45, 7) is 5.70. The summed E-state index contributed by atoms with van der Waals surface area (Å²) < 4.78 is 18.6. The lowest BCUT2D eigenvalue weighted by molar-refractivity contribution is -0.116. The van der Waals surface area contributed by atoms with E-state index in [1.54, 1.807) is 11.8 Å². The number of benzene rings is 2. The van der Waals surface area contributed by atoms with Gasteiger partial charge < -0.3 is 19.5 Å². The summed E-state index contributed by atoms with van der Waals surface area (Å²) in [6, 6.07) is 14.1. The Labute approximate surface area is 210 Å². The summed E-state index contributed by atoms with van der Waals surface area (Å²) in [7, 11) is 1.62. The molecule has 186 valence electrons. The van der Waals surface area contributed by atoms with E-state index in [9.17, 15) is 4.79 Å². The van der Waals surface area contributed by atoms with Crippen molar-refractivity contribution in [3.05, 3.63) is 76.2 Å². The van der Waals surface area contributed by atoms with Crippen molar-refractivity contribution in [1.82, 2.24) is 14.8 Å². The van der Waals surface area contributed by atoms with Gasteiger partial charge in [0.1, 0.15) is 25.9 Å². The second-order valence-electron chi connectivity index (χ2n) is 9.90. The summed E-state index contributed by atoms with van der Waals surface area (Å²) in [4.78, 5) is 18.4. The fourth-order valence-electron chi connectivity index (χ4n) is 5.37. The van der Waals surface area contributed by atoms with Crippen molar-refractivity contribution < 1.29 is 19.0 Å². The number of nitrogens with one attached hydrogen (secondary N) is 1. The molecule has 36 heavy (non-hydrogen) atoms. The highest BCUT2D eigenvalue weighted by atomic mass is 16.6. The van der Waals surface area contributed by atoms with Crippen molar-refractivity contribution in [3.8, 4) is 11.5 Å². The zero-order valence-electron chi connectivity index (χ0n) is 20.8. The molecule has 1 N–H and O–H groups in total. The molecule has 1 aromatic heterocycles. The first-order chi connectivity index (χ1) is 17.5. The standard InChI is InChI=1S/C28H30N4O4/c1-16(2)17-4-6-18(7-5-17)20-12-21-26(22(33)13-20)27(32-28(29-21)30-25(31-32)15-34-3)19-8-9-23-24(14-19)36-11-10-35-23/h4-9,14,16,20,27H,10-13,15H2,1-3H3,(H,29,30,31). The molecule has 0 bridgehead atoms. The lowest BCUT2D eigenvalue weighted by Gasteiger charge is -2.35. The third-order valence-corrected chi connectivity index (χ3v) is 7.19. The van der Waals surface area contributed by atoms with Crippen molar-refractivity contribution in [3.63, 3.8) is 0 Å². The minimum Gasteiger partial charge on any atom is -0.486 e. The molecule has 0 saturated carbocycles. The average molecular weight is 487 g/mol. The van der Waals surface area contributed by atoms with Crippen molar-refractivity contribution in [2.24, 2.45) is 0 Å². The van der Waals surface area contributed by atoms with Gasteiger partial charge in [0.2, 0.25) is 5.95 Å². The van der Waals surface area contributed by atoms with Gasteiger partial charge in [0.25, 0.3) is 0 Å². The summed E-state index contributed by atoms with van der Waals surface area (Å²) in [6.07, 6.45) is 1.19. The number of Topliss-reactive ketones (excluding diaryl/α,β-unsaturated/α-hetero) is 1. The topological polar surface area (TPSA) is 87.5 Å². The Balaban J connectivity index is 1.41. The number of ketones is 1. The summed E-state index contributed by atoms with van der Waals surface area (Å²) in [5.41, 5.74) is 5.05. The van der Waals surface area contributed by atoms with Gasteiger partial charge in [0, 0.05) is 24.8 Å². The third-order valence-electron chi connectivity index (χ3n) is 7.19. The maximum atomic E-state index is 13.8. The zero-order valence-corrected chi connectivity index (χ0v) is 20.8. The number of carbonyl (C=O) groups is 1. The monoisotopic (exact) mass is 486 g/mol. The van der Waals surface area contributed by atoms with Crippen LogP contribution in [0.15, 0.2) is 53.7 Å². The number of fused-ring (bicyclic) bond motifs is 2. The Morgan fingerprint density at radius 1 is 1.06 bits per heavy atom. The number of methoxy groups -OCH3 is 1.